The van der Waals surface area contributed by atoms with E-state index in [2.05, 4.69) is 4.98 Å². The lowest BCUT2D eigenvalue weighted by molar-refractivity contribution is -0.136. The molecule has 0 saturated carbocycles. The fourth-order valence-electron chi connectivity index (χ4n) is 3.75. The van der Waals surface area contributed by atoms with Gasteiger partial charge in [0.1, 0.15) is 0 Å². The van der Waals surface area contributed by atoms with Crippen molar-refractivity contribution < 1.29 is 23.1 Å². The number of halogens is 2. The Balaban J connectivity index is 1.81. The minimum absolute atomic E-state index is 0.000350. The Morgan fingerprint density at radius 1 is 1.17 bits per heavy atom. The van der Waals surface area contributed by atoms with Crippen LogP contribution in [0.3, 0.4) is 0 Å². The molecule has 5 nitrogen and oxygen atoms in total. The maximum atomic E-state index is 13.6. The minimum atomic E-state index is -1.10. The Kier molecular flexibility index (Phi) is 5.11. The third-order valence-corrected chi connectivity index (χ3v) is 5.23. The Bertz CT molecular complexity index is 1200. The van der Waals surface area contributed by atoms with Crippen molar-refractivity contribution >= 4 is 28.4 Å². The molecule has 30 heavy (non-hydrogen) atoms. The van der Waals surface area contributed by atoms with Gasteiger partial charge in [-0.25, -0.2) is 13.6 Å². The van der Waals surface area contributed by atoms with Crippen molar-refractivity contribution in [3.8, 4) is 0 Å². The molecule has 0 bridgehead atoms. The quantitative estimate of drug-likeness (QED) is 0.653. The second-order valence-electron chi connectivity index (χ2n) is 7.12. The minimum Gasteiger partial charge on any atom is -0.462 e. The maximum Gasteiger partial charge on any atom is 0.341 e. The van der Waals surface area contributed by atoms with Gasteiger partial charge in [-0.1, -0.05) is 18.2 Å². The summed E-state index contributed by atoms with van der Waals surface area (Å²) in [4.78, 5) is 30.3. The normalized spacial score (nSPS) is 13.6. The fraction of sp³-hybridized carbons (Fsp3) is 0.217. The van der Waals surface area contributed by atoms with E-state index in [1.54, 1.807) is 6.92 Å². The van der Waals surface area contributed by atoms with Crippen LogP contribution in [0.4, 0.5) is 8.78 Å². The van der Waals surface area contributed by atoms with Crippen LogP contribution in [0.25, 0.3) is 16.5 Å². The predicted molar refractivity (Wildman–Crippen MR) is 109 cm³/mol. The fourth-order valence-corrected chi connectivity index (χ4v) is 3.75. The average Bonchev–Trinajstić information content (AvgIpc) is 2.99. The van der Waals surface area contributed by atoms with Crippen molar-refractivity contribution in [2.45, 2.75) is 20.3 Å². The monoisotopic (exact) mass is 410 g/mol. The number of carbonyl (C=O) groups is 2. The molecule has 0 radical (unpaired) electrons. The predicted octanol–water partition coefficient (Wildman–Crippen LogP) is 4.36. The second-order valence-corrected chi connectivity index (χ2v) is 7.12. The second kappa shape index (κ2) is 7.74. The summed E-state index contributed by atoms with van der Waals surface area (Å²) in [6.07, 6.45) is 1.91. The number of rotatable bonds is 3. The number of para-hydroxylation sites is 1. The summed E-state index contributed by atoms with van der Waals surface area (Å²) in [6.45, 7) is 4.14. The molecule has 0 aliphatic carbocycles. The third kappa shape index (κ3) is 3.36. The summed E-state index contributed by atoms with van der Waals surface area (Å²) in [7, 11) is 0. The molecule has 3 aromatic rings. The molecular formula is C23H20F2N2O3. The zero-order valence-corrected chi connectivity index (χ0v) is 16.6. The van der Waals surface area contributed by atoms with E-state index in [-0.39, 0.29) is 24.3 Å². The van der Waals surface area contributed by atoms with E-state index in [0.717, 1.165) is 34.2 Å². The van der Waals surface area contributed by atoms with Crippen LogP contribution in [0.15, 0.2) is 42.6 Å². The molecule has 0 atom stereocenters. The van der Waals surface area contributed by atoms with Crippen LogP contribution in [-0.2, 0) is 16.0 Å². The molecule has 154 valence electrons. The molecule has 1 N–H and O–H groups in total. The number of fused-ring (bicyclic) bond motifs is 3. The highest BCUT2D eigenvalue weighted by Gasteiger charge is 2.28. The van der Waals surface area contributed by atoms with E-state index in [4.69, 9.17) is 4.74 Å². The Morgan fingerprint density at radius 2 is 1.97 bits per heavy atom. The van der Waals surface area contributed by atoms with Crippen LogP contribution in [-0.4, -0.2) is 34.9 Å². The summed E-state index contributed by atoms with van der Waals surface area (Å²) in [6, 6.07) is 8.88. The van der Waals surface area contributed by atoms with Gasteiger partial charge >= 0.3 is 5.97 Å². The Labute approximate surface area is 171 Å². The lowest BCUT2D eigenvalue weighted by Crippen LogP contribution is -2.28. The molecule has 1 aliphatic rings. The van der Waals surface area contributed by atoms with Crippen molar-refractivity contribution in [3.63, 3.8) is 0 Å². The summed E-state index contributed by atoms with van der Waals surface area (Å²) in [5.41, 5.74) is 3.71. The first-order valence-corrected chi connectivity index (χ1v) is 9.66. The summed E-state index contributed by atoms with van der Waals surface area (Å²) >= 11 is 0. The number of esters is 1. The zero-order chi connectivity index (χ0) is 21.4. The van der Waals surface area contributed by atoms with Crippen LogP contribution in [0.2, 0.25) is 0 Å². The van der Waals surface area contributed by atoms with Gasteiger partial charge in [0.05, 0.1) is 17.9 Å². The van der Waals surface area contributed by atoms with E-state index >= 15 is 0 Å². The van der Waals surface area contributed by atoms with Crippen molar-refractivity contribution in [2.24, 2.45) is 0 Å². The van der Waals surface area contributed by atoms with Crippen LogP contribution in [0.5, 0.6) is 0 Å². The number of benzene rings is 2. The highest BCUT2D eigenvalue weighted by Crippen LogP contribution is 2.33. The van der Waals surface area contributed by atoms with E-state index in [1.807, 2.05) is 25.1 Å². The molecule has 0 spiro atoms. The number of aromatic amines is 1. The van der Waals surface area contributed by atoms with Gasteiger partial charge in [-0.15, -0.1) is 0 Å². The molecular weight excluding hydrogens is 390 g/mol. The lowest BCUT2D eigenvalue weighted by Gasteiger charge is -2.18. The van der Waals surface area contributed by atoms with Gasteiger partial charge in [-0.05, 0) is 49.6 Å². The summed E-state index contributed by atoms with van der Waals surface area (Å²) in [5.74, 6) is -3.21. The molecule has 1 aliphatic heterocycles. The van der Waals surface area contributed by atoms with Gasteiger partial charge in [0, 0.05) is 29.2 Å². The SMILES string of the molecule is CCOC(=O)C1=CN(C(=O)c2ccc(F)c(F)c2)CCc2c1[nH]c1c(C)cccc21. The van der Waals surface area contributed by atoms with E-state index in [1.165, 1.54) is 17.2 Å². The third-order valence-electron chi connectivity index (χ3n) is 5.23. The zero-order valence-electron chi connectivity index (χ0n) is 16.6. The number of ether oxygens (including phenoxy) is 1. The van der Waals surface area contributed by atoms with E-state index < -0.39 is 23.5 Å². The van der Waals surface area contributed by atoms with Crippen LogP contribution in [0, 0.1) is 18.6 Å². The first-order chi connectivity index (χ1) is 14.4. The van der Waals surface area contributed by atoms with Gasteiger partial charge in [0.2, 0.25) is 0 Å². The average molecular weight is 410 g/mol. The molecule has 7 heteroatoms. The van der Waals surface area contributed by atoms with E-state index in [9.17, 15) is 18.4 Å². The largest absolute Gasteiger partial charge is 0.462 e. The topological polar surface area (TPSA) is 62.4 Å². The Morgan fingerprint density at radius 3 is 2.70 bits per heavy atom. The number of nitrogens with one attached hydrogen (secondary N) is 1. The molecule has 1 amide bonds. The van der Waals surface area contributed by atoms with Crippen molar-refractivity contribution in [2.75, 3.05) is 13.2 Å². The lowest BCUT2D eigenvalue weighted by atomic mass is 10.0. The van der Waals surface area contributed by atoms with Crippen molar-refractivity contribution in [1.82, 2.24) is 9.88 Å². The number of aromatic nitrogens is 1. The first kappa shape index (κ1) is 19.8. The van der Waals surface area contributed by atoms with Crippen molar-refractivity contribution in [3.05, 3.63) is 76.6 Å². The van der Waals surface area contributed by atoms with Crippen molar-refractivity contribution in [1.29, 1.82) is 0 Å². The van der Waals surface area contributed by atoms with Gasteiger partial charge in [0.15, 0.2) is 11.6 Å². The molecule has 0 unspecified atom stereocenters. The Hall–Kier alpha value is -3.48. The molecule has 1 aromatic heterocycles. The van der Waals surface area contributed by atoms with Crippen LogP contribution >= 0.6 is 0 Å². The van der Waals surface area contributed by atoms with Gasteiger partial charge < -0.3 is 14.6 Å². The number of aryl methyl sites for hydroxylation is 1. The highest BCUT2D eigenvalue weighted by atomic mass is 19.2. The number of hydrogen-bond acceptors (Lipinski definition) is 3. The van der Waals surface area contributed by atoms with Gasteiger partial charge in [0.25, 0.3) is 5.91 Å². The molecule has 4 rings (SSSR count). The molecule has 0 saturated heterocycles. The van der Waals surface area contributed by atoms with E-state index in [0.29, 0.717) is 12.1 Å². The number of H-pyrrole nitrogens is 1. The van der Waals surface area contributed by atoms with Gasteiger partial charge in [-0.2, -0.15) is 0 Å². The molecule has 2 heterocycles. The summed E-state index contributed by atoms with van der Waals surface area (Å²) in [5, 5.41) is 0.974. The highest BCUT2D eigenvalue weighted by molar-refractivity contribution is 6.18. The molecule has 2 aromatic carbocycles. The smallest absolute Gasteiger partial charge is 0.341 e. The first-order valence-electron chi connectivity index (χ1n) is 9.66. The number of amides is 1. The maximum absolute atomic E-state index is 13.6. The standard InChI is InChI=1S/C23H20F2N2O3/c1-3-30-23(29)17-12-27(22(28)14-7-8-18(24)19(25)11-14)10-9-16-15-6-4-5-13(2)20(15)26-21(16)17/h4-8,11-12,26H,3,9-10H2,1-2H3. The number of hydrogen-bond donors (Lipinski definition) is 1. The van der Waals surface area contributed by atoms with Gasteiger partial charge in [-0.3, -0.25) is 4.79 Å². The van der Waals surface area contributed by atoms with Crippen LogP contribution in [0.1, 0.15) is 34.1 Å². The molecule has 0 fully saturated rings. The van der Waals surface area contributed by atoms with Crippen LogP contribution < -0.4 is 0 Å². The summed E-state index contributed by atoms with van der Waals surface area (Å²) < 4.78 is 32.1. The number of nitrogens with zero attached hydrogens (tertiary/aromatic N) is 1. The number of carbonyl (C=O) groups excluding carboxylic acids is 2.